The van der Waals surface area contributed by atoms with Crippen molar-refractivity contribution in [3.05, 3.63) is 65.7 Å². The molecule has 0 saturated carbocycles. The van der Waals surface area contributed by atoms with Crippen LogP contribution in [-0.4, -0.2) is 32.7 Å². The lowest BCUT2D eigenvalue weighted by Crippen LogP contribution is -2.19. The van der Waals surface area contributed by atoms with Crippen molar-refractivity contribution >= 4 is 35.0 Å². The molecule has 28 heavy (non-hydrogen) atoms. The normalized spacial score (nSPS) is 10.5. The fraction of sp³-hybridized carbons (Fsp3) is 0.158. The highest BCUT2D eigenvalue weighted by molar-refractivity contribution is 7.99. The monoisotopic (exact) mass is 399 g/mol. The summed E-state index contributed by atoms with van der Waals surface area (Å²) in [5.41, 5.74) is 1.15. The molecule has 3 N–H and O–H groups in total. The predicted molar refractivity (Wildman–Crippen MR) is 106 cm³/mol. The Morgan fingerprint density at radius 2 is 1.86 bits per heavy atom. The minimum Gasteiger partial charge on any atom is -0.325 e. The fourth-order valence-electron chi connectivity index (χ4n) is 2.34. The van der Waals surface area contributed by atoms with Crippen LogP contribution in [0.15, 0.2) is 53.7 Å². The molecule has 0 aliphatic carbocycles. The smallest absolute Gasteiger partial charge is 0.257 e. The summed E-state index contributed by atoms with van der Waals surface area (Å²) >= 11 is 1.20. The van der Waals surface area contributed by atoms with E-state index in [4.69, 9.17) is 0 Å². The second-order valence-corrected chi connectivity index (χ2v) is 6.70. The number of amides is 2. The molecule has 0 saturated heterocycles. The van der Waals surface area contributed by atoms with Crippen LogP contribution in [-0.2, 0) is 11.2 Å². The third-order valence-electron chi connectivity index (χ3n) is 3.73. The summed E-state index contributed by atoms with van der Waals surface area (Å²) in [5, 5.41) is 12.7. The third kappa shape index (κ3) is 5.17. The van der Waals surface area contributed by atoms with E-state index in [9.17, 15) is 14.0 Å². The molecular formula is C19H18FN5O2S. The van der Waals surface area contributed by atoms with E-state index in [1.165, 1.54) is 36.0 Å². The van der Waals surface area contributed by atoms with Gasteiger partial charge in [0.05, 0.1) is 17.0 Å². The van der Waals surface area contributed by atoms with Crippen LogP contribution in [0.25, 0.3) is 0 Å². The molecule has 0 unspecified atom stereocenters. The molecule has 0 aliphatic rings. The number of aryl methyl sites for hydroxylation is 1. The van der Waals surface area contributed by atoms with E-state index in [0.29, 0.717) is 22.1 Å². The van der Waals surface area contributed by atoms with Crippen LogP contribution in [0.3, 0.4) is 0 Å². The standard InChI is InChI=1S/C19H18FN5O2S/c1-2-16-23-19(25-24-16)28-11-17(26)22-15-6-4-3-5-14(15)18(27)21-13-9-7-12(20)8-10-13/h3-10H,2,11H2,1H3,(H,21,27)(H,22,26)(H,23,24,25). The summed E-state index contributed by atoms with van der Waals surface area (Å²) < 4.78 is 13.0. The van der Waals surface area contributed by atoms with E-state index in [0.717, 1.165) is 12.2 Å². The van der Waals surface area contributed by atoms with E-state index in [1.54, 1.807) is 24.3 Å². The number of aromatic amines is 1. The number of thioether (sulfide) groups is 1. The van der Waals surface area contributed by atoms with Gasteiger partial charge >= 0.3 is 0 Å². The van der Waals surface area contributed by atoms with Crippen LogP contribution in [0.2, 0.25) is 0 Å². The van der Waals surface area contributed by atoms with Gasteiger partial charge in [0.15, 0.2) is 0 Å². The summed E-state index contributed by atoms with van der Waals surface area (Å²) in [6.07, 6.45) is 0.732. The van der Waals surface area contributed by atoms with Crippen molar-refractivity contribution in [1.29, 1.82) is 0 Å². The number of hydrogen-bond acceptors (Lipinski definition) is 5. The first-order valence-corrected chi connectivity index (χ1v) is 9.53. The van der Waals surface area contributed by atoms with Crippen molar-refractivity contribution in [2.45, 2.75) is 18.5 Å². The third-order valence-corrected chi connectivity index (χ3v) is 4.57. The minimum absolute atomic E-state index is 0.106. The van der Waals surface area contributed by atoms with Crippen LogP contribution in [0.4, 0.5) is 15.8 Å². The van der Waals surface area contributed by atoms with Gasteiger partial charge in [-0.2, -0.15) is 0 Å². The van der Waals surface area contributed by atoms with Crippen LogP contribution in [0, 0.1) is 5.82 Å². The molecule has 0 radical (unpaired) electrons. The van der Waals surface area contributed by atoms with Crippen molar-refractivity contribution in [3.63, 3.8) is 0 Å². The van der Waals surface area contributed by atoms with Gasteiger partial charge in [0.25, 0.3) is 5.91 Å². The number of aromatic nitrogens is 3. The Labute approximate surface area is 165 Å². The molecule has 2 aromatic carbocycles. The average molecular weight is 399 g/mol. The molecule has 0 bridgehead atoms. The van der Waals surface area contributed by atoms with Gasteiger partial charge in [-0.1, -0.05) is 30.8 Å². The topological polar surface area (TPSA) is 99.8 Å². The predicted octanol–water partition coefficient (Wildman–Crippen LogP) is 3.49. The van der Waals surface area contributed by atoms with E-state index in [-0.39, 0.29) is 17.5 Å². The molecule has 7 nitrogen and oxygen atoms in total. The van der Waals surface area contributed by atoms with Crippen molar-refractivity contribution in [2.24, 2.45) is 0 Å². The second-order valence-electron chi connectivity index (χ2n) is 5.76. The number of rotatable bonds is 7. The number of anilines is 2. The van der Waals surface area contributed by atoms with E-state index < -0.39 is 5.91 Å². The highest BCUT2D eigenvalue weighted by Crippen LogP contribution is 2.19. The maximum Gasteiger partial charge on any atom is 0.257 e. The lowest BCUT2D eigenvalue weighted by Gasteiger charge is -2.11. The number of H-pyrrole nitrogens is 1. The molecule has 9 heteroatoms. The van der Waals surface area contributed by atoms with Gasteiger partial charge in [-0.05, 0) is 36.4 Å². The van der Waals surface area contributed by atoms with Crippen LogP contribution in [0.5, 0.6) is 0 Å². The number of nitrogens with one attached hydrogen (secondary N) is 3. The Hall–Kier alpha value is -3.20. The van der Waals surface area contributed by atoms with E-state index in [1.807, 2.05) is 6.92 Å². The Bertz CT molecular complexity index is 974. The molecule has 1 heterocycles. The Morgan fingerprint density at radius 1 is 1.11 bits per heavy atom. The van der Waals surface area contributed by atoms with Crippen molar-refractivity contribution in [3.8, 4) is 0 Å². The highest BCUT2D eigenvalue weighted by Gasteiger charge is 2.14. The van der Waals surface area contributed by atoms with Crippen LogP contribution >= 0.6 is 11.8 Å². The zero-order valence-corrected chi connectivity index (χ0v) is 15.8. The number of nitrogens with zero attached hydrogens (tertiary/aromatic N) is 2. The van der Waals surface area contributed by atoms with Crippen molar-refractivity contribution in [1.82, 2.24) is 15.2 Å². The fourth-order valence-corrected chi connectivity index (χ4v) is 2.96. The van der Waals surface area contributed by atoms with Crippen LogP contribution in [0.1, 0.15) is 23.1 Å². The van der Waals surface area contributed by atoms with Gasteiger partial charge in [0, 0.05) is 12.1 Å². The summed E-state index contributed by atoms with van der Waals surface area (Å²) in [5.74, 6) is -0.215. The first-order chi connectivity index (χ1) is 13.5. The molecule has 0 aliphatic heterocycles. The van der Waals surface area contributed by atoms with Crippen molar-refractivity contribution < 1.29 is 14.0 Å². The summed E-state index contributed by atoms with van der Waals surface area (Å²) in [6.45, 7) is 1.95. The Morgan fingerprint density at radius 3 is 2.57 bits per heavy atom. The molecule has 0 spiro atoms. The average Bonchev–Trinajstić information content (AvgIpc) is 3.17. The largest absolute Gasteiger partial charge is 0.325 e. The molecule has 0 atom stereocenters. The zero-order valence-electron chi connectivity index (χ0n) is 15.0. The summed E-state index contributed by atoms with van der Waals surface area (Å²) in [4.78, 5) is 29.0. The molecule has 3 rings (SSSR count). The molecular weight excluding hydrogens is 381 g/mol. The number of halogens is 1. The van der Waals surface area contributed by atoms with Gasteiger partial charge in [-0.15, -0.1) is 5.10 Å². The molecule has 0 fully saturated rings. The Kier molecular flexibility index (Phi) is 6.38. The molecule has 3 aromatic rings. The maximum atomic E-state index is 13.0. The number of carbonyl (C=O) groups is 2. The number of para-hydroxylation sites is 1. The molecule has 2 amide bonds. The number of carbonyl (C=O) groups excluding carboxylic acids is 2. The highest BCUT2D eigenvalue weighted by atomic mass is 32.2. The van der Waals surface area contributed by atoms with Gasteiger partial charge in [-0.3, -0.25) is 14.7 Å². The lowest BCUT2D eigenvalue weighted by molar-refractivity contribution is -0.113. The van der Waals surface area contributed by atoms with E-state index >= 15 is 0 Å². The minimum atomic E-state index is -0.406. The first-order valence-electron chi connectivity index (χ1n) is 8.55. The second kappa shape index (κ2) is 9.14. The molecule has 1 aromatic heterocycles. The van der Waals surface area contributed by atoms with Gasteiger partial charge in [0.2, 0.25) is 11.1 Å². The van der Waals surface area contributed by atoms with E-state index in [2.05, 4.69) is 25.8 Å². The van der Waals surface area contributed by atoms with Crippen LogP contribution < -0.4 is 10.6 Å². The zero-order chi connectivity index (χ0) is 19.9. The number of benzene rings is 2. The maximum absolute atomic E-state index is 13.0. The Balaban J connectivity index is 1.63. The molecule has 144 valence electrons. The lowest BCUT2D eigenvalue weighted by atomic mass is 10.1. The summed E-state index contributed by atoms with van der Waals surface area (Å²) in [6, 6.07) is 12.1. The number of hydrogen-bond donors (Lipinski definition) is 3. The van der Waals surface area contributed by atoms with Crippen molar-refractivity contribution in [2.75, 3.05) is 16.4 Å². The summed E-state index contributed by atoms with van der Waals surface area (Å²) in [7, 11) is 0. The van der Waals surface area contributed by atoms with Gasteiger partial charge in [-0.25, -0.2) is 9.37 Å². The van der Waals surface area contributed by atoms with Gasteiger partial charge < -0.3 is 10.6 Å². The SMILES string of the molecule is CCc1nc(SCC(=O)Nc2ccccc2C(=O)Nc2ccc(F)cc2)n[nH]1. The van der Waals surface area contributed by atoms with Gasteiger partial charge in [0.1, 0.15) is 11.6 Å². The first kappa shape index (κ1) is 19.6. The quantitative estimate of drug-likeness (QED) is 0.528.